The van der Waals surface area contributed by atoms with Crippen molar-refractivity contribution in [3.05, 3.63) is 17.8 Å². The van der Waals surface area contributed by atoms with Crippen LogP contribution >= 0.6 is 0 Å². The van der Waals surface area contributed by atoms with Gasteiger partial charge in [0.25, 0.3) is 0 Å². The molecule has 6 nitrogen and oxygen atoms in total. The maximum Gasteiger partial charge on any atom is 0.226 e. The summed E-state index contributed by atoms with van der Waals surface area (Å²) in [7, 11) is 0. The number of rotatable bonds is 5. The van der Waals surface area contributed by atoms with Gasteiger partial charge >= 0.3 is 0 Å². The molecule has 3 saturated carbocycles. The first-order valence-electron chi connectivity index (χ1n) is 9.91. The number of hydrogen-bond acceptors (Lipinski definition) is 4. The summed E-state index contributed by atoms with van der Waals surface area (Å²) in [6, 6.07) is 4.29. The first-order chi connectivity index (χ1) is 12.5. The van der Waals surface area contributed by atoms with E-state index in [2.05, 4.69) is 19.9 Å². The number of aryl methyl sites for hydroxylation is 1. The molecule has 138 valence electrons. The molecule has 3 atom stereocenters. The number of imidazole rings is 1. The molecule has 0 spiro atoms. The van der Waals surface area contributed by atoms with Crippen LogP contribution in [0.15, 0.2) is 12.1 Å². The van der Waals surface area contributed by atoms with E-state index in [0.717, 1.165) is 49.0 Å². The number of aromatic nitrogens is 3. The van der Waals surface area contributed by atoms with Gasteiger partial charge in [-0.1, -0.05) is 0 Å². The van der Waals surface area contributed by atoms with Gasteiger partial charge in [-0.05, 0) is 75.8 Å². The number of pyridine rings is 1. The lowest BCUT2D eigenvalue weighted by molar-refractivity contribution is -0.117. The molecule has 3 unspecified atom stereocenters. The molecule has 26 heavy (non-hydrogen) atoms. The van der Waals surface area contributed by atoms with Crippen molar-refractivity contribution in [2.75, 3.05) is 5.32 Å². The van der Waals surface area contributed by atoms with Crippen LogP contribution in [0.4, 0.5) is 5.95 Å². The summed E-state index contributed by atoms with van der Waals surface area (Å²) in [5.41, 5.74) is 2.03. The van der Waals surface area contributed by atoms with E-state index >= 15 is 0 Å². The average Bonchev–Trinajstić information content (AvgIpc) is 3.20. The minimum Gasteiger partial charge on any atom is -0.390 e. The lowest BCUT2D eigenvalue weighted by Crippen LogP contribution is -2.30. The summed E-state index contributed by atoms with van der Waals surface area (Å²) in [5.74, 6) is 1.69. The molecule has 3 aliphatic rings. The molecule has 3 fully saturated rings. The summed E-state index contributed by atoms with van der Waals surface area (Å²) in [4.78, 5) is 21.8. The molecular weight excluding hydrogens is 328 g/mol. The van der Waals surface area contributed by atoms with Gasteiger partial charge in [0.2, 0.25) is 11.9 Å². The van der Waals surface area contributed by atoms with Crippen LogP contribution in [-0.2, 0) is 4.79 Å². The maximum absolute atomic E-state index is 12.6. The summed E-state index contributed by atoms with van der Waals surface area (Å²) in [6.07, 6.45) is 7.42. The predicted molar refractivity (Wildman–Crippen MR) is 98.8 cm³/mol. The van der Waals surface area contributed by atoms with E-state index in [1.807, 2.05) is 19.1 Å². The van der Waals surface area contributed by atoms with Crippen molar-refractivity contribution in [2.24, 2.45) is 11.8 Å². The second-order valence-corrected chi connectivity index (χ2v) is 8.48. The quantitative estimate of drug-likeness (QED) is 0.863. The monoisotopic (exact) mass is 354 g/mol. The number of carbonyl (C=O) groups is 1. The van der Waals surface area contributed by atoms with E-state index in [-0.39, 0.29) is 5.91 Å². The zero-order chi connectivity index (χ0) is 17.9. The smallest absolute Gasteiger partial charge is 0.226 e. The van der Waals surface area contributed by atoms with Gasteiger partial charge in [-0.15, -0.1) is 0 Å². The molecule has 0 aliphatic heterocycles. The van der Waals surface area contributed by atoms with Gasteiger partial charge in [0.15, 0.2) is 5.65 Å². The van der Waals surface area contributed by atoms with Crippen molar-refractivity contribution in [2.45, 2.75) is 69.9 Å². The van der Waals surface area contributed by atoms with Crippen LogP contribution in [0, 0.1) is 18.8 Å². The van der Waals surface area contributed by atoms with Crippen LogP contribution in [0.5, 0.6) is 0 Å². The van der Waals surface area contributed by atoms with Gasteiger partial charge in [0.1, 0.15) is 5.52 Å². The molecule has 3 aliphatic carbocycles. The Labute approximate surface area is 153 Å². The van der Waals surface area contributed by atoms with Crippen LogP contribution in [0.1, 0.15) is 63.1 Å². The Morgan fingerprint density at radius 2 is 2.19 bits per heavy atom. The summed E-state index contributed by atoms with van der Waals surface area (Å²) in [6.45, 7) is 1.98. The number of amides is 1. The molecule has 0 radical (unpaired) electrons. The Morgan fingerprint density at radius 3 is 2.85 bits per heavy atom. The maximum atomic E-state index is 12.6. The number of hydrogen-bond donors (Lipinski definition) is 2. The van der Waals surface area contributed by atoms with Gasteiger partial charge < -0.3 is 5.11 Å². The molecule has 0 saturated heterocycles. The minimum atomic E-state index is -0.616. The van der Waals surface area contributed by atoms with Gasteiger partial charge in [-0.3, -0.25) is 14.7 Å². The van der Waals surface area contributed by atoms with E-state index in [9.17, 15) is 9.90 Å². The first kappa shape index (κ1) is 16.2. The zero-order valence-electron chi connectivity index (χ0n) is 15.2. The summed E-state index contributed by atoms with van der Waals surface area (Å²) >= 11 is 0. The highest BCUT2D eigenvalue weighted by molar-refractivity contribution is 5.91. The molecule has 6 heteroatoms. The summed E-state index contributed by atoms with van der Waals surface area (Å²) in [5, 5.41) is 13.7. The number of aliphatic hydroxyl groups is 1. The van der Waals surface area contributed by atoms with E-state index in [1.54, 1.807) is 0 Å². The number of nitrogens with zero attached hydrogens (tertiary/aromatic N) is 3. The Bertz CT molecular complexity index is 872. The normalized spacial score (nSPS) is 30.2. The van der Waals surface area contributed by atoms with Crippen molar-refractivity contribution < 1.29 is 9.90 Å². The highest BCUT2D eigenvalue weighted by Gasteiger charge is 2.56. The highest BCUT2D eigenvalue weighted by Crippen LogP contribution is 2.58. The van der Waals surface area contributed by atoms with Crippen LogP contribution < -0.4 is 5.32 Å². The topological polar surface area (TPSA) is 80.0 Å². The third-order valence-corrected chi connectivity index (χ3v) is 6.71. The van der Waals surface area contributed by atoms with Gasteiger partial charge in [0, 0.05) is 18.2 Å². The van der Waals surface area contributed by atoms with Crippen molar-refractivity contribution in [3.63, 3.8) is 0 Å². The predicted octanol–water partition coefficient (Wildman–Crippen LogP) is 3.34. The van der Waals surface area contributed by atoms with E-state index < -0.39 is 5.60 Å². The van der Waals surface area contributed by atoms with Crippen LogP contribution in [0.2, 0.25) is 0 Å². The number of anilines is 1. The van der Waals surface area contributed by atoms with Crippen LogP contribution in [-0.4, -0.2) is 31.1 Å². The largest absolute Gasteiger partial charge is 0.390 e. The fourth-order valence-electron chi connectivity index (χ4n) is 4.82. The average molecular weight is 354 g/mol. The molecule has 5 rings (SSSR count). The van der Waals surface area contributed by atoms with Gasteiger partial charge in [0.05, 0.1) is 5.60 Å². The molecule has 2 heterocycles. The highest BCUT2D eigenvalue weighted by atomic mass is 16.3. The second kappa shape index (κ2) is 5.78. The van der Waals surface area contributed by atoms with Crippen LogP contribution in [0.25, 0.3) is 11.2 Å². The minimum absolute atomic E-state index is 0.0601. The van der Waals surface area contributed by atoms with Crippen molar-refractivity contribution in [1.82, 2.24) is 14.5 Å². The SMILES string of the molecule is Cc1ccc2nc(NC(=O)CCC3(O)CCC4CC43)n(C3CCC3)c2n1. The van der Waals surface area contributed by atoms with E-state index in [4.69, 9.17) is 0 Å². The molecule has 1 amide bonds. The molecule has 2 aromatic heterocycles. The Balaban J connectivity index is 1.34. The fraction of sp³-hybridized carbons (Fsp3) is 0.650. The lowest BCUT2D eigenvalue weighted by atomic mass is 9.92. The third kappa shape index (κ3) is 2.62. The first-order valence-corrected chi connectivity index (χ1v) is 9.91. The van der Waals surface area contributed by atoms with Gasteiger partial charge in [-0.25, -0.2) is 9.97 Å². The van der Waals surface area contributed by atoms with Crippen molar-refractivity contribution in [3.8, 4) is 0 Å². The van der Waals surface area contributed by atoms with Gasteiger partial charge in [-0.2, -0.15) is 0 Å². The van der Waals surface area contributed by atoms with Crippen LogP contribution in [0.3, 0.4) is 0 Å². The molecular formula is C20H26N4O2. The Morgan fingerprint density at radius 1 is 1.35 bits per heavy atom. The third-order valence-electron chi connectivity index (χ3n) is 6.71. The second-order valence-electron chi connectivity index (χ2n) is 8.48. The van der Waals surface area contributed by atoms with E-state index in [0.29, 0.717) is 36.7 Å². The summed E-state index contributed by atoms with van der Waals surface area (Å²) < 4.78 is 2.10. The lowest BCUT2D eigenvalue weighted by Gasteiger charge is -2.28. The molecule has 2 N–H and O–H groups in total. The number of nitrogens with one attached hydrogen (secondary N) is 1. The fourth-order valence-corrected chi connectivity index (χ4v) is 4.82. The van der Waals surface area contributed by atoms with E-state index in [1.165, 1.54) is 6.42 Å². The standard InChI is InChI=1S/C20H26N4O2/c1-12-5-6-16-18(21-12)24(14-3-2-4-14)19(22-16)23-17(25)8-10-20(26)9-7-13-11-15(13)20/h5-6,13-15,26H,2-4,7-11H2,1H3,(H,22,23,25). The molecule has 0 aromatic carbocycles. The van der Waals surface area contributed by atoms with Crippen molar-refractivity contribution >= 4 is 23.0 Å². The van der Waals surface area contributed by atoms with Crippen molar-refractivity contribution in [1.29, 1.82) is 0 Å². The Hall–Kier alpha value is -1.95. The molecule has 2 aromatic rings. The zero-order valence-corrected chi connectivity index (χ0v) is 15.2. The number of fused-ring (bicyclic) bond motifs is 2. The Kier molecular flexibility index (Phi) is 3.61. The molecule has 0 bridgehead atoms. The number of carbonyl (C=O) groups excluding carboxylic acids is 1.